The smallest absolute Gasteiger partial charge is 0.421 e. The molecule has 0 bridgehead atoms. The summed E-state index contributed by atoms with van der Waals surface area (Å²) in [7, 11) is 0. The number of likely N-dealkylation sites (tertiary alicyclic amines) is 1. The molecule has 8 heteroatoms. The van der Waals surface area contributed by atoms with Crippen molar-refractivity contribution in [3.05, 3.63) is 41.4 Å². The van der Waals surface area contributed by atoms with Gasteiger partial charge in [-0.15, -0.1) is 0 Å². The minimum atomic E-state index is -4.46. The third-order valence-corrected chi connectivity index (χ3v) is 4.38. The molecule has 1 aliphatic rings. The van der Waals surface area contributed by atoms with Crippen LogP contribution in [0.2, 0.25) is 0 Å². The van der Waals surface area contributed by atoms with Crippen molar-refractivity contribution in [2.45, 2.75) is 32.5 Å². The monoisotopic (exact) mass is 355 g/mol. The highest BCUT2D eigenvalue weighted by Crippen LogP contribution is 2.35. The Morgan fingerprint density at radius 2 is 2.24 bits per heavy atom. The van der Waals surface area contributed by atoms with Crippen molar-refractivity contribution in [2.75, 3.05) is 19.7 Å². The molecule has 1 saturated heterocycles. The van der Waals surface area contributed by atoms with Gasteiger partial charge in [-0.2, -0.15) is 13.2 Å². The van der Waals surface area contributed by atoms with Crippen LogP contribution in [0.5, 0.6) is 5.88 Å². The van der Waals surface area contributed by atoms with Gasteiger partial charge in [0.05, 0.1) is 12.8 Å². The first-order valence-corrected chi connectivity index (χ1v) is 8.21. The largest absolute Gasteiger partial charge is 0.477 e. The van der Waals surface area contributed by atoms with Crippen molar-refractivity contribution in [1.29, 1.82) is 0 Å². The molecule has 3 heterocycles. The summed E-state index contributed by atoms with van der Waals surface area (Å²) in [5, 5.41) is 3.77. The fraction of sp³-hybridized carbons (Fsp3) is 0.529. The van der Waals surface area contributed by atoms with Gasteiger partial charge in [0.15, 0.2) is 0 Å². The van der Waals surface area contributed by atoms with Crippen LogP contribution in [0, 0.1) is 12.8 Å². The third kappa shape index (κ3) is 4.50. The topological polar surface area (TPSA) is 51.4 Å². The van der Waals surface area contributed by atoms with Crippen LogP contribution < -0.4 is 4.74 Å². The van der Waals surface area contributed by atoms with Crippen LogP contribution in [0.3, 0.4) is 0 Å². The molecule has 2 aromatic rings. The zero-order valence-corrected chi connectivity index (χ0v) is 13.9. The van der Waals surface area contributed by atoms with Gasteiger partial charge in [-0.3, -0.25) is 4.90 Å². The lowest BCUT2D eigenvalue weighted by atomic mass is 9.98. The maximum absolute atomic E-state index is 13.0. The number of alkyl halides is 3. The average Bonchev–Trinajstić information content (AvgIpc) is 2.98. The van der Waals surface area contributed by atoms with Gasteiger partial charge in [0.1, 0.15) is 11.3 Å². The van der Waals surface area contributed by atoms with E-state index in [0.29, 0.717) is 0 Å². The summed E-state index contributed by atoms with van der Waals surface area (Å²) in [6.07, 6.45) is 0.458. The van der Waals surface area contributed by atoms with E-state index < -0.39 is 11.7 Å². The van der Waals surface area contributed by atoms with Crippen molar-refractivity contribution in [3.8, 4) is 5.88 Å². The van der Waals surface area contributed by atoms with Crippen LogP contribution >= 0.6 is 0 Å². The van der Waals surface area contributed by atoms with Crippen LogP contribution in [0.25, 0.3) is 0 Å². The van der Waals surface area contributed by atoms with E-state index in [1.165, 1.54) is 12.3 Å². The first kappa shape index (κ1) is 17.7. The van der Waals surface area contributed by atoms with Gasteiger partial charge in [0, 0.05) is 30.8 Å². The summed E-state index contributed by atoms with van der Waals surface area (Å²) in [6.45, 7) is 4.52. The summed E-state index contributed by atoms with van der Waals surface area (Å²) < 4.78 is 49.4. The second-order valence-corrected chi connectivity index (χ2v) is 6.32. The highest BCUT2D eigenvalue weighted by atomic mass is 19.4. The Labute approximate surface area is 143 Å². The fourth-order valence-electron chi connectivity index (χ4n) is 3.06. The normalized spacial score (nSPS) is 19.1. The minimum Gasteiger partial charge on any atom is -0.477 e. The Kier molecular flexibility index (Phi) is 5.27. The molecule has 0 radical (unpaired) electrons. The molecule has 0 amide bonds. The van der Waals surface area contributed by atoms with Gasteiger partial charge >= 0.3 is 6.18 Å². The lowest BCUT2D eigenvalue weighted by Crippen LogP contribution is -2.37. The van der Waals surface area contributed by atoms with E-state index in [0.717, 1.165) is 49.9 Å². The number of hydrogen-bond donors (Lipinski definition) is 0. The molecule has 25 heavy (non-hydrogen) atoms. The minimum absolute atomic E-state index is 0.164. The molecule has 5 nitrogen and oxygen atoms in total. The number of piperidine rings is 1. The van der Waals surface area contributed by atoms with Crippen molar-refractivity contribution >= 4 is 0 Å². The molecular formula is C17H20F3N3O2. The molecule has 136 valence electrons. The van der Waals surface area contributed by atoms with Crippen molar-refractivity contribution in [3.63, 3.8) is 0 Å². The van der Waals surface area contributed by atoms with E-state index in [1.54, 1.807) is 6.20 Å². The number of nitrogens with zero attached hydrogens (tertiary/aromatic N) is 3. The zero-order valence-electron chi connectivity index (χ0n) is 13.9. The summed E-state index contributed by atoms with van der Waals surface area (Å²) in [5.41, 5.74) is 0.202. The Balaban J connectivity index is 1.58. The lowest BCUT2D eigenvalue weighted by molar-refractivity contribution is -0.139. The molecule has 0 saturated carbocycles. The fourth-order valence-corrected chi connectivity index (χ4v) is 3.06. The second kappa shape index (κ2) is 7.43. The summed E-state index contributed by atoms with van der Waals surface area (Å²) in [4.78, 5) is 5.99. The van der Waals surface area contributed by atoms with Gasteiger partial charge in [0.2, 0.25) is 5.88 Å². The summed E-state index contributed by atoms with van der Waals surface area (Å²) in [5.74, 6) is 0.612. The highest BCUT2D eigenvalue weighted by molar-refractivity contribution is 5.28. The van der Waals surface area contributed by atoms with Crippen molar-refractivity contribution in [2.24, 2.45) is 5.92 Å². The zero-order chi connectivity index (χ0) is 17.9. The standard InChI is InChI=1S/C17H20F3N3O2/c1-12-14(8-22-25-12)10-23-7-3-4-13(9-23)11-24-16-15(17(18,19)20)5-2-6-21-16/h2,5-6,8,13H,3-4,7,9-11H2,1H3. The van der Waals surface area contributed by atoms with Crippen LogP contribution in [-0.4, -0.2) is 34.7 Å². The molecule has 0 aromatic carbocycles. The molecule has 1 aliphatic heterocycles. The first-order valence-electron chi connectivity index (χ1n) is 8.21. The van der Waals surface area contributed by atoms with Crippen molar-refractivity contribution < 1.29 is 22.4 Å². The van der Waals surface area contributed by atoms with E-state index >= 15 is 0 Å². The van der Waals surface area contributed by atoms with Crippen LogP contribution in [0.15, 0.2) is 29.0 Å². The summed E-state index contributed by atoms with van der Waals surface area (Å²) >= 11 is 0. The molecule has 0 aliphatic carbocycles. The number of pyridine rings is 1. The average molecular weight is 355 g/mol. The predicted molar refractivity (Wildman–Crippen MR) is 84.0 cm³/mol. The maximum atomic E-state index is 13.0. The SMILES string of the molecule is Cc1oncc1CN1CCCC(COc2ncccc2C(F)(F)F)C1. The number of rotatable bonds is 5. The molecule has 2 aromatic heterocycles. The second-order valence-electron chi connectivity index (χ2n) is 6.32. The predicted octanol–water partition coefficient (Wildman–Crippen LogP) is 3.69. The Hall–Kier alpha value is -2.09. The van der Waals surface area contributed by atoms with E-state index in [4.69, 9.17) is 9.26 Å². The number of hydrogen-bond acceptors (Lipinski definition) is 5. The number of aryl methyl sites for hydroxylation is 1. The quantitative estimate of drug-likeness (QED) is 0.819. The number of aromatic nitrogens is 2. The van der Waals surface area contributed by atoms with Gasteiger partial charge in [-0.1, -0.05) is 5.16 Å². The highest BCUT2D eigenvalue weighted by Gasteiger charge is 2.35. The number of ether oxygens (including phenoxy) is 1. The van der Waals surface area contributed by atoms with Gasteiger partial charge in [-0.05, 0) is 38.4 Å². The van der Waals surface area contributed by atoms with E-state index in [-0.39, 0.29) is 18.4 Å². The van der Waals surface area contributed by atoms with Gasteiger partial charge in [-0.25, -0.2) is 4.98 Å². The van der Waals surface area contributed by atoms with Crippen LogP contribution in [0.1, 0.15) is 29.7 Å². The molecule has 0 spiro atoms. The molecule has 1 atom stereocenters. The molecular weight excluding hydrogens is 335 g/mol. The molecule has 1 unspecified atom stereocenters. The van der Waals surface area contributed by atoms with Crippen LogP contribution in [0.4, 0.5) is 13.2 Å². The van der Waals surface area contributed by atoms with E-state index in [1.807, 2.05) is 6.92 Å². The van der Waals surface area contributed by atoms with Crippen molar-refractivity contribution in [1.82, 2.24) is 15.0 Å². The van der Waals surface area contributed by atoms with Gasteiger partial charge < -0.3 is 9.26 Å². The van der Waals surface area contributed by atoms with Gasteiger partial charge in [0.25, 0.3) is 0 Å². The Bertz CT molecular complexity index is 702. The third-order valence-electron chi connectivity index (χ3n) is 4.38. The Morgan fingerprint density at radius 3 is 2.96 bits per heavy atom. The summed E-state index contributed by atoms with van der Waals surface area (Å²) in [6, 6.07) is 2.25. The number of halogens is 3. The molecule has 1 fully saturated rings. The van der Waals surface area contributed by atoms with E-state index in [2.05, 4.69) is 15.0 Å². The first-order chi connectivity index (χ1) is 11.9. The Morgan fingerprint density at radius 1 is 1.40 bits per heavy atom. The van der Waals surface area contributed by atoms with Crippen LogP contribution in [-0.2, 0) is 12.7 Å². The molecule has 3 rings (SSSR count). The molecule has 0 N–H and O–H groups in total. The lowest BCUT2D eigenvalue weighted by Gasteiger charge is -2.32. The van der Waals surface area contributed by atoms with E-state index in [9.17, 15) is 13.2 Å². The maximum Gasteiger partial charge on any atom is 0.421 e.